The van der Waals surface area contributed by atoms with E-state index < -0.39 is 0 Å². The summed E-state index contributed by atoms with van der Waals surface area (Å²) in [7, 11) is 0. The van der Waals surface area contributed by atoms with E-state index in [1.807, 2.05) is 23.1 Å². The Morgan fingerprint density at radius 3 is 3.00 bits per heavy atom. The third-order valence-corrected chi connectivity index (χ3v) is 5.15. The lowest BCUT2D eigenvalue weighted by Crippen LogP contribution is -2.31. The van der Waals surface area contributed by atoms with Crippen LogP contribution in [-0.2, 0) is 16.1 Å². The number of aromatic amines is 1. The molecule has 0 aromatic carbocycles. The summed E-state index contributed by atoms with van der Waals surface area (Å²) in [6.45, 7) is 3.29. The van der Waals surface area contributed by atoms with Crippen molar-refractivity contribution in [2.24, 2.45) is 0 Å². The molecule has 1 atom stereocenters. The molecule has 2 aliphatic rings. The minimum atomic E-state index is 0.0455. The first kappa shape index (κ1) is 17.2. The van der Waals surface area contributed by atoms with Crippen LogP contribution in [-0.4, -0.2) is 58.4 Å². The number of hydrogen-bond acceptors (Lipinski definition) is 5. The van der Waals surface area contributed by atoms with Gasteiger partial charge in [0.1, 0.15) is 0 Å². The zero-order chi connectivity index (χ0) is 17.8. The third kappa shape index (κ3) is 3.78. The van der Waals surface area contributed by atoms with Crippen molar-refractivity contribution in [2.45, 2.75) is 37.9 Å². The first-order chi connectivity index (χ1) is 12.8. The van der Waals surface area contributed by atoms with Gasteiger partial charge in [-0.25, -0.2) is 0 Å². The minimum Gasteiger partial charge on any atom is -0.381 e. The van der Waals surface area contributed by atoms with Crippen molar-refractivity contribution < 1.29 is 14.3 Å². The standard InChI is InChI=1S/C19H24N4O3/c24-19(17-11-21-22-18(17)14-5-9-25-10-6-14)23-8-4-16(12-23)26-13-15-3-1-2-7-20-15/h1-3,7,11,14,16H,4-6,8-10,12-13H2,(H,21,22). The van der Waals surface area contributed by atoms with Crippen LogP contribution in [0.5, 0.6) is 0 Å². The molecule has 4 heterocycles. The summed E-state index contributed by atoms with van der Waals surface area (Å²) in [5, 5.41) is 7.18. The average Bonchev–Trinajstić information content (AvgIpc) is 3.37. The lowest BCUT2D eigenvalue weighted by atomic mass is 9.93. The van der Waals surface area contributed by atoms with Gasteiger partial charge in [0.05, 0.1) is 35.9 Å². The summed E-state index contributed by atoms with van der Waals surface area (Å²) in [5.41, 5.74) is 2.56. The molecular weight excluding hydrogens is 332 g/mol. The summed E-state index contributed by atoms with van der Waals surface area (Å²) < 4.78 is 11.4. The highest BCUT2D eigenvalue weighted by Gasteiger charge is 2.31. The summed E-state index contributed by atoms with van der Waals surface area (Å²) in [4.78, 5) is 19.1. The highest BCUT2D eigenvalue weighted by Crippen LogP contribution is 2.29. The molecule has 0 aliphatic carbocycles. The molecule has 138 valence electrons. The number of likely N-dealkylation sites (tertiary alicyclic amines) is 1. The molecule has 2 fully saturated rings. The molecule has 0 saturated carbocycles. The van der Waals surface area contributed by atoms with Crippen molar-refractivity contribution in [2.75, 3.05) is 26.3 Å². The number of aromatic nitrogens is 3. The molecule has 1 unspecified atom stereocenters. The molecule has 26 heavy (non-hydrogen) atoms. The van der Waals surface area contributed by atoms with Crippen LogP contribution in [0, 0.1) is 0 Å². The van der Waals surface area contributed by atoms with Crippen molar-refractivity contribution in [1.29, 1.82) is 0 Å². The number of nitrogens with zero attached hydrogens (tertiary/aromatic N) is 3. The van der Waals surface area contributed by atoms with Crippen molar-refractivity contribution in [3.63, 3.8) is 0 Å². The second-order valence-corrected chi connectivity index (χ2v) is 6.88. The van der Waals surface area contributed by atoms with E-state index in [-0.39, 0.29) is 12.0 Å². The number of amides is 1. The van der Waals surface area contributed by atoms with E-state index in [1.54, 1.807) is 12.4 Å². The van der Waals surface area contributed by atoms with Gasteiger partial charge < -0.3 is 14.4 Å². The average molecular weight is 356 g/mol. The molecule has 2 aliphatic heterocycles. The van der Waals surface area contributed by atoms with E-state index >= 15 is 0 Å². The minimum absolute atomic E-state index is 0.0455. The second kappa shape index (κ2) is 7.97. The predicted octanol–water partition coefficient (Wildman–Crippen LogP) is 2.13. The highest BCUT2D eigenvalue weighted by atomic mass is 16.5. The van der Waals surface area contributed by atoms with Gasteiger partial charge in [0.25, 0.3) is 5.91 Å². The smallest absolute Gasteiger partial charge is 0.257 e. The van der Waals surface area contributed by atoms with Crippen molar-refractivity contribution in [3.05, 3.63) is 47.5 Å². The molecule has 1 N–H and O–H groups in total. The Kier molecular flexibility index (Phi) is 5.26. The number of H-pyrrole nitrogens is 1. The highest BCUT2D eigenvalue weighted by molar-refractivity contribution is 5.95. The monoisotopic (exact) mass is 356 g/mol. The molecule has 2 saturated heterocycles. The fraction of sp³-hybridized carbons (Fsp3) is 0.526. The van der Waals surface area contributed by atoms with Gasteiger partial charge in [0.15, 0.2) is 0 Å². The van der Waals surface area contributed by atoms with E-state index in [1.165, 1.54) is 0 Å². The van der Waals surface area contributed by atoms with Gasteiger partial charge in [-0.15, -0.1) is 0 Å². The Labute approximate surface area is 152 Å². The molecule has 0 bridgehead atoms. The number of pyridine rings is 1. The van der Waals surface area contributed by atoms with E-state index in [9.17, 15) is 4.79 Å². The molecule has 7 heteroatoms. The van der Waals surface area contributed by atoms with Crippen molar-refractivity contribution in [3.8, 4) is 0 Å². The van der Waals surface area contributed by atoms with Gasteiger partial charge in [-0.3, -0.25) is 14.9 Å². The van der Waals surface area contributed by atoms with Crippen LogP contribution in [0.15, 0.2) is 30.6 Å². The number of hydrogen-bond donors (Lipinski definition) is 1. The van der Waals surface area contributed by atoms with Crippen LogP contribution >= 0.6 is 0 Å². The number of rotatable bonds is 5. The molecule has 1 amide bonds. The summed E-state index contributed by atoms with van der Waals surface area (Å²) in [6, 6.07) is 5.79. The van der Waals surface area contributed by atoms with Gasteiger partial charge in [0.2, 0.25) is 0 Å². The lowest BCUT2D eigenvalue weighted by molar-refractivity contribution is 0.0421. The maximum absolute atomic E-state index is 13.0. The quantitative estimate of drug-likeness (QED) is 0.888. The molecule has 2 aromatic rings. The topological polar surface area (TPSA) is 80.3 Å². The second-order valence-electron chi connectivity index (χ2n) is 6.88. The van der Waals surface area contributed by atoms with Crippen LogP contribution < -0.4 is 0 Å². The Balaban J connectivity index is 1.35. The Morgan fingerprint density at radius 1 is 1.31 bits per heavy atom. The van der Waals surface area contributed by atoms with Gasteiger partial charge >= 0.3 is 0 Å². The van der Waals surface area contributed by atoms with Crippen LogP contribution in [0.25, 0.3) is 0 Å². The Bertz CT molecular complexity index is 727. The van der Waals surface area contributed by atoms with Crippen molar-refractivity contribution >= 4 is 5.91 Å². The molecule has 0 radical (unpaired) electrons. The van der Waals surface area contributed by atoms with Crippen LogP contribution in [0.3, 0.4) is 0 Å². The molecule has 4 rings (SSSR count). The molecule has 0 spiro atoms. The Morgan fingerprint density at radius 2 is 2.19 bits per heavy atom. The SMILES string of the molecule is O=C(c1cn[nH]c1C1CCOCC1)N1CCC(OCc2ccccn2)C1. The van der Waals surface area contributed by atoms with E-state index in [4.69, 9.17) is 9.47 Å². The fourth-order valence-electron chi connectivity index (χ4n) is 3.67. The van der Waals surface area contributed by atoms with E-state index in [0.717, 1.165) is 43.9 Å². The molecular formula is C19H24N4O3. The normalized spacial score (nSPS) is 21.2. The van der Waals surface area contributed by atoms with E-state index in [0.29, 0.717) is 31.2 Å². The largest absolute Gasteiger partial charge is 0.381 e. The van der Waals surface area contributed by atoms with E-state index in [2.05, 4.69) is 15.2 Å². The van der Waals surface area contributed by atoms with Crippen LogP contribution in [0.1, 0.15) is 46.9 Å². The predicted molar refractivity (Wildman–Crippen MR) is 94.7 cm³/mol. The Hall–Kier alpha value is -2.25. The third-order valence-electron chi connectivity index (χ3n) is 5.15. The first-order valence-electron chi connectivity index (χ1n) is 9.23. The van der Waals surface area contributed by atoms with Crippen LogP contribution in [0.2, 0.25) is 0 Å². The zero-order valence-corrected chi connectivity index (χ0v) is 14.8. The maximum atomic E-state index is 13.0. The molecule has 7 nitrogen and oxygen atoms in total. The summed E-state index contributed by atoms with van der Waals surface area (Å²) in [5.74, 6) is 0.369. The summed E-state index contributed by atoms with van der Waals surface area (Å²) >= 11 is 0. The van der Waals surface area contributed by atoms with Crippen LogP contribution in [0.4, 0.5) is 0 Å². The number of nitrogens with one attached hydrogen (secondary N) is 1. The fourth-order valence-corrected chi connectivity index (χ4v) is 3.67. The summed E-state index contributed by atoms with van der Waals surface area (Å²) in [6.07, 6.45) is 6.19. The number of ether oxygens (including phenoxy) is 2. The van der Waals surface area contributed by atoms with Gasteiger partial charge in [-0.1, -0.05) is 6.07 Å². The zero-order valence-electron chi connectivity index (χ0n) is 14.8. The maximum Gasteiger partial charge on any atom is 0.257 e. The van der Waals surface area contributed by atoms with Gasteiger partial charge in [0, 0.05) is 38.4 Å². The lowest BCUT2D eigenvalue weighted by Gasteiger charge is -2.23. The number of carbonyl (C=O) groups excluding carboxylic acids is 1. The van der Waals surface area contributed by atoms with Gasteiger partial charge in [-0.05, 0) is 31.4 Å². The number of carbonyl (C=O) groups is 1. The van der Waals surface area contributed by atoms with Gasteiger partial charge in [-0.2, -0.15) is 5.10 Å². The molecule has 2 aromatic heterocycles. The van der Waals surface area contributed by atoms with Crippen molar-refractivity contribution in [1.82, 2.24) is 20.1 Å². The first-order valence-corrected chi connectivity index (χ1v) is 9.23.